The monoisotopic (exact) mass is 1130 g/mol. The van der Waals surface area contributed by atoms with E-state index >= 15 is 8.78 Å². The summed E-state index contributed by atoms with van der Waals surface area (Å²) in [6.07, 6.45) is 20.8. The number of phenolic OH excluding ortho intramolecular Hbond substituents is 1. The number of aliphatic hydroxyl groups is 1. The molecule has 3 N–H and O–H groups in total. The number of β-amino-alcohol motifs (C(OH)–C–C–N with tert-alkyl or cyclic N) is 1. The van der Waals surface area contributed by atoms with Crippen LogP contribution in [0.1, 0.15) is 133 Å². The topological polar surface area (TPSA) is 201 Å². The quantitative estimate of drug-likeness (QED) is 0.0875. The zero-order chi connectivity index (χ0) is 57.5. The first kappa shape index (κ1) is 55.0. The van der Waals surface area contributed by atoms with Crippen LogP contribution in [0.2, 0.25) is 0 Å². The number of nitrogens with zero attached hydrogens (tertiary/aromatic N) is 9. The van der Waals surface area contributed by atoms with Gasteiger partial charge in [0.2, 0.25) is 11.8 Å². The number of piperidine rings is 4. The van der Waals surface area contributed by atoms with Gasteiger partial charge in [-0.25, -0.2) is 18.4 Å². The van der Waals surface area contributed by atoms with Crippen LogP contribution in [0.25, 0.3) is 44.0 Å². The lowest BCUT2D eigenvalue weighted by Crippen LogP contribution is -2.50. The molecule has 1 spiro atoms. The molecule has 6 saturated heterocycles. The zero-order valence-electron chi connectivity index (χ0n) is 47.3. The Balaban J connectivity index is 0.617. The van der Waals surface area contributed by atoms with Gasteiger partial charge >= 0.3 is 17.8 Å². The van der Waals surface area contributed by atoms with E-state index in [2.05, 4.69) is 43.1 Å². The van der Waals surface area contributed by atoms with E-state index in [-0.39, 0.29) is 100 Å². The first-order valence-electron chi connectivity index (χ1n) is 29.9. The molecule has 0 radical (unpaired) electrons. The first-order valence-corrected chi connectivity index (χ1v) is 29.9. The fraction of sp³-hybridized carbons (Fsp3) is 0.540. The van der Waals surface area contributed by atoms with Crippen molar-refractivity contribution in [1.82, 2.24) is 44.1 Å². The summed E-state index contributed by atoms with van der Waals surface area (Å²) in [5.74, 6) is 0.745. The Labute approximate surface area is 480 Å². The number of nitrogens with one attached hydrogen (secondary N) is 1. The van der Waals surface area contributed by atoms with Gasteiger partial charge in [-0.05, 0) is 175 Å². The van der Waals surface area contributed by atoms with Crippen molar-refractivity contribution in [3.8, 4) is 35.4 Å². The number of aryl methyl sites for hydroxylation is 1. The molecule has 6 aromatic rings. The summed E-state index contributed by atoms with van der Waals surface area (Å²) < 4.78 is 48.2. The van der Waals surface area contributed by atoms with Crippen LogP contribution < -0.4 is 20.6 Å². The highest BCUT2D eigenvalue weighted by atomic mass is 19.1. The van der Waals surface area contributed by atoms with Crippen molar-refractivity contribution < 1.29 is 42.9 Å². The highest BCUT2D eigenvalue weighted by molar-refractivity contribution is 6.03. The summed E-state index contributed by atoms with van der Waals surface area (Å²) in [7, 11) is 1.75. The molecular weight excluding hydrogens is 1060 g/mol. The molecule has 18 nitrogen and oxygen atoms in total. The number of phenols is 1. The Kier molecular flexibility index (Phi) is 14.2. The van der Waals surface area contributed by atoms with Gasteiger partial charge in [0.15, 0.2) is 5.82 Å². The van der Waals surface area contributed by atoms with E-state index in [1.54, 1.807) is 23.1 Å². The second-order valence-electron chi connectivity index (χ2n) is 25.2. The van der Waals surface area contributed by atoms with Crippen LogP contribution in [-0.2, 0) is 21.4 Å². The summed E-state index contributed by atoms with van der Waals surface area (Å²) in [6, 6.07) is 11.4. The van der Waals surface area contributed by atoms with Crippen molar-refractivity contribution >= 4 is 56.4 Å². The SMILES string of the molecule is C#Cc1c(F)ccc2cc(O)cc(-c3ncc4c(N5CCC[C@@](C)(O)C5)nc(OC[C@@]56CCCN5[C@H](COC(=O)N5CCC7(CCC(N8CCC(c9ccc%10c(c9)n(C)c(=O)n%10C9CCC(=O)NC9=O)CC8)CC7)CC5)CC6)nc4c3F)c12. The summed E-state index contributed by atoms with van der Waals surface area (Å²) in [4.78, 5) is 74.6. The van der Waals surface area contributed by atoms with Gasteiger partial charge < -0.3 is 34.4 Å². The van der Waals surface area contributed by atoms with E-state index in [0.29, 0.717) is 73.0 Å². The molecule has 1 unspecified atom stereocenters. The van der Waals surface area contributed by atoms with Gasteiger partial charge in [-0.1, -0.05) is 18.1 Å². The third-order valence-electron chi connectivity index (χ3n) is 20.2. The maximum Gasteiger partial charge on any atom is 0.409 e. The Bertz CT molecular complexity index is 3680. The Morgan fingerprint density at radius 2 is 1.66 bits per heavy atom. The van der Waals surface area contributed by atoms with Gasteiger partial charge in [0, 0.05) is 68.9 Å². The third kappa shape index (κ3) is 10.0. The molecule has 1 saturated carbocycles. The Morgan fingerprint density at radius 3 is 2.42 bits per heavy atom. The highest BCUT2D eigenvalue weighted by Gasteiger charge is 2.51. The Hall–Kier alpha value is -7.21. The summed E-state index contributed by atoms with van der Waals surface area (Å²) in [5.41, 5.74) is 1.09. The summed E-state index contributed by atoms with van der Waals surface area (Å²) in [6.45, 7) is 7.28. The number of amides is 3. The van der Waals surface area contributed by atoms with E-state index in [1.165, 1.54) is 36.0 Å². The number of benzene rings is 3. The fourth-order valence-electron chi connectivity index (χ4n) is 15.6. The van der Waals surface area contributed by atoms with E-state index in [0.717, 1.165) is 102 Å². The zero-order valence-corrected chi connectivity index (χ0v) is 47.3. The number of hydrogen-bond acceptors (Lipinski definition) is 14. The van der Waals surface area contributed by atoms with Gasteiger partial charge in [-0.3, -0.25) is 33.9 Å². The minimum absolute atomic E-state index is 0.00437. The number of hydrogen-bond donors (Lipinski definition) is 3. The number of carbonyl (C=O) groups excluding carboxylic acids is 3. The van der Waals surface area contributed by atoms with E-state index < -0.39 is 29.2 Å². The molecule has 83 heavy (non-hydrogen) atoms. The van der Waals surface area contributed by atoms with Crippen molar-refractivity contribution in [2.45, 2.75) is 145 Å². The predicted molar refractivity (Wildman–Crippen MR) is 308 cm³/mol. The summed E-state index contributed by atoms with van der Waals surface area (Å²) in [5, 5.41) is 25.3. The molecule has 7 aliphatic rings. The molecule has 3 amide bonds. The molecular formula is C63H72F2N10O8. The van der Waals surface area contributed by atoms with Crippen LogP contribution >= 0.6 is 0 Å². The van der Waals surface area contributed by atoms with Crippen LogP contribution in [-0.4, -0.2) is 149 Å². The molecule has 4 atom stereocenters. The fourth-order valence-corrected chi connectivity index (χ4v) is 15.6. The standard InChI is InChI=1S/C63H72F2N10O8/c1-4-44-47(64)9-7-40-31-43(76)33-45(52(40)44)54-53(65)55-46(34-66-54)56(73-25-5-18-61(2,81)36-73)69-58(68-55)83-37-63-19-6-26-74(63)42(15-22-63)35-82-60(80)72-29-23-62(24-30-72)20-13-41(14-21-62)71-27-16-38(17-28-71)39-8-10-48-50(32-39)70(3)59(79)75(48)49-11-12-51(77)67-57(49)78/h1,7-10,31-34,38,41-42,49,76,81H,5-6,11-30,35-37H2,2-3H3,(H,67,77,78)/t42-,49?,61+,63-/m0/s1. The highest BCUT2D eigenvalue weighted by Crippen LogP contribution is 2.48. The number of rotatable bonds is 10. The maximum atomic E-state index is 17.3. The van der Waals surface area contributed by atoms with Crippen LogP contribution in [0.15, 0.2) is 53.5 Å². The molecule has 20 heteroatoms. The van der Waals surface area contributed by atoms with Gasteiger partial charge in [0.1, 0.15) is 47.9 Å². The van der Waals surface area contributed by atoms with E-state index in [9.17, 15) is 29.4 Å². The number of anilines is 1. The molecule has 3 aromatic carbocycles. The molecule has 3 aromatic heterocycles. The predicted octanol–water partition coefficient (Wildman–Crippen LogP) is 8.21. The number of ether oxygens (including phenoxy) is 2. The van der Waals surface area contributed by atoms with Crippen LogP contribution in [0.5, 0.6) is 11.8 Å². The number of carbonyl (C=O) groups is 3. The number of likely N-dealkylation sites (tertiary alicyclic amines) is 2. The molecule has 0 bridgehead atoms. The number of imidazole rings is 1. The van der Waals surface area contributed by atoms with Crippen LogP contribution in [0.4, 0.5) is 19.4 Å². The first-order chi connectivity index (χ1) is 40.0. The van der Waals surface area contributed by atoms with E-state index in [4.69, 9.17) is 20.9 Å². The largest absolute Gasteiger partial charge is 0.508 e. The molecule has 13 rings (SSSR count). The number of fused-ring (bicyclic) bond motifs is 4. The van der Waals surface area contributed by atoms with Crippen molar-refractivity contribution in [3.05, 3.63) is 81.9 Å². The molecule has 7 fully saturated rings. The van der Waals surface area contributed by atoms with Crippen molar-refractivity contribution in [2.24, 2.45) is 12.5 Å². The van der Waals surface area contributed by atoms with Crippen molar-refractivity contribution in [1.29, 1.82) is 0 Å². The minimum atomic E-state index is -1.02. The van der Waals surface area contributed by atoms with Crippen LogP contribution in [0.3, 0.4) is 0 Å². The molecule has 6 aliphatic heterocycles. The van der Waals surface area contributed by atoms with Gasteiger partial charge in [0.05, 0.1) is 33.1 Å². The number of halogens is 2. The number of aromatic hydroxyl groups is 1. The van der Waals surface area contributed by atoms with E-state index in [1.807, 2.05) is 15.9 Å². The third-order valence-corrected chi connectivity index (χ3v) is 20.2. The summed E-state index contributed by atoms with van der Waals surface area (Å²) >= 11 is 0. The molecule has 9 heterocycles. The smallest absolute Gasteiger partial charge is 0.409 e. The minimum Gasteiger partial charge on any atom is -0.508 e. The second kappa shape index (κ2) is 21.4. The molecule has 1 aliphatic carbocycles. The Morgan fingerprint density at radius 1 is 0.880 bits per heavy atom. The number of aromatic nitrogens is 5. The number of terminal acetylenes is 1. The number of pyridine rings is 1. The lowest BCUT2D eigenvalue weighted by Gasteiger charge is -2.48. The average Bonchev–Trinajstić information content (AvgIpc) is 4.07. The van der Waals surface area contributed by atoms with Crippen molar-refractivity contribution in [2.75, 3.05) is 63.9 Å². The van der Waals surface area contributed by atoms with Gasteiger partial charge in [-0.2, -0.15) is 9.97 Å². The maximum absolute atomic E-state index is 17.3. The van der Waals surface area contributed by atoms with Crippen molar-refractivity contribution in [3.63, 3.8) is 0 Å². The van der Waals surface area contributed by atoms with Gasteiger partial charge in [-0.15, -0.1) is 6.42 Å². The van der Waals surface area contributed by atoms with Gasteiger partial charge in [0.25, 0.3) is 0 Å². The molecule has 436 valence electrons. The number of imide groups is 1. The van der Waals surface area contributed by atoms with Crippen LogP contribution in [0, 0.1) is 29.4 Å². The normalized spacial score (nSPS) is 25.6. The average molecular weight is 1140 g/mol. The second-order valence-corrected chi connectivity index (χ2v) is 25.2. The lowest BCUT2D eigenvalue weighted by molar-refractivity contribution is -0.135. The lowest BCUT2D eigenvalue weighted by atomic mass is 9.66.